The fourth-order valence-corrected chi connectivity index (χ4v) is 8.80. The summed E-state index contributed by atoms with van der Waals surface area (Å²) in [6.07, 6.45) is 2.66. The topological polar surface area (TPSA) is 154 Å². The number of ether oxygens (including phenoxy) is 2. The lowest BCUT2D eigenvalue weighted by atomic mass is 9.99. The van der Waals surface area contributed by atoms with E-state index >= 15 is 0 Å². The summed E-state index contributed by atoms with van der Waals surface area (Å²) < 4.78 is 19.6. The molecule has 3 aromatic carbocycles. The zero-order valence-electron chi connectivity index (χ0n) is 31.5. The van der Waals surface area contributed by atoms with E-state index in [2.05, 4.69) is 32.6 Å². The molecule has 0 aliphatic carbocycles. The first kappa shape index (κ1) is 38.4. The average molecular weight is 793 g/mol. The van der Waals surface area contributed by atoms with Crippen molar-refractivity contribution in [2.75, 3.05) is 102 Å². The van der Waals surface area contributed by atoms with E-state index in [0.29, 0.717) is 56.2 Å². The molecule has 0 atom stereocenters. The molecule has 4 amide bonds. The number of rotatable bonds is 14. The molecule has 3 aliphatic rings. The van der Waals surface area contributed by atoms with Crippen LogP contribution in [-0.4, -0.2) is 130 Å². The van der Waals surface area contributed by atoms with Crippen LogP contribution in [0.15, 0.2) is 82.0 Å². The van der Waals surface area contributed by atoms with Gasteiger partial charge in [-0.25, -0.2) is 0 Å². The Morgan fingerprint density at radius 2 is 1.53 bits per heavy atom. The van der Waals surface area contributed by atoms with E-state index in [1.54, 1.807) is 23.5 Å². The van der Waals surface area contributed by atoms with Crippen molar-refractivity contribution in [2.24, 2.45) is 0 Å². The predicted molar refractivity (Wildman–Crippen MR) is 220 cm³/mol. The number of anilines is 2. The minimum Gasteiger partial charge on any atom is -0.440 e. The number of nitrogens with one attached hydrogen (secondary N) is 2. The number of amides is 4. The highest BCUT2D eigenvalue weighted by Gasteiger charge is 2.24. The molecule has 8 rings (SSSR count). The second-order valence-electron chi connectivity index (χ2n) is 14.2. The molecule has 57 heavy (non-hydrogen) atoms. The Hall–Kier alpha value is -5.45. The quantitative estimate of drug-likeness (QED) is 0.125. The summed E-state index contributed by atoms with van der Waals surface area (Å²) in [4.78, 5) is 69.9. The molecule has 296 valence electrons. The van der Waals surface area contributed by atoms with Crippen molar-refractivity contribution in [1.29, 1.82) is 0 Å². The fourth-order valence-electron chi connectivity index (χ4n) is 7.54. The zero-order valence-corrected chi connectivity index (χ0v) is 32.3. The second kappa shape index (κ2) is 17.4. The molecule has 5 aromatic rings. The molecule has 0 spiro atoms. The number of hydrogen-bond donors (Lipinski definition) is 2. The highest BCUT2D eigenvalue weighted by atomic mass is 32.1. The molecular weight excluding hydrogens is 749 g/mol. The molecule has 0 bridgehead atoms. The largest absolute Gasteiger partial charge is 0.440 e. The number of morpholine rings is 1. The lowest BCUT2D eigenvalue weighted by Gasteiger charge is -2.34. The average Bonchev–Trinajstić information content (AvgIpc) is 3.77. The number of para-hydroxylation sites is 1. The Balaban J connectivity index is 0.868. The van der Waals surface area contributed by atoms with Gasteiger partial charge in [-0.1, -0.05) is 36.4 Å². The molecule has 15 heteroatoms. The number of benzene rings is 3. The van der Waals surface area contributed by atoms with Gasteiger partial charge in [0.15, 0.2) is 11.3 Å². The first-order chi connectivity index (χ1) is 27.8. The van der Waals surface area contributed by atoms with E-state index in [0.717, 1.165) is 68.1 Å². The number of piperazine rings is 1. The van der Waals surface area contributed by atoms with Crippen LogP contribution in [0.5, 0.6) is 0 Å². The summed E-state index contributed by atoms with van der Waals surface area (Å²) in [6.45, 7) is 7.45. The minimum absolute atomic E-state index is 0.0921. The highest BCUT2D eigenvalue weighted by Crippen LogP contribution is 2.45. The van der Waals surface area contributed by atoms with Crippen LogP contribution >= 0.6 is 11.3 Å². The van der Waals surface area contributed by atoms with Crippen LogP contribution in [0.2, 0.25) is 0 Å². The molecule has 2 aromatic heterocycles. The summed E-state index contributed by atoms with van der Waals surface area (Å²) in [5.41, 5.74) is 2.93. The Kier molecular flexibility index (Phi) is 11.7. The van der Waals surface area contributed by atoms with Crippen LogP contribution in [0.25, 0.3) is 42.3 Å². The smallest absolute Gasteiger partial charge is 0.253 e. The van der Waals surface area contributed by atoms with Gasteiger partial charge in [0.05, 0.1) is 50.6 Å². The minimum atomic E-state index is -0.350. The van der Waals surface area contributed by atoms with Gasteiger partial charge >= 0.3 is 0 Å². The van der Waals surface area contributed by atoms with Gasteiger partial charge in [0.25, 0.3) is 11.8 Å². The van der Waals surface area contributed by atoms with Gasteiger partial charge in [0.1, 0.15) is 5.58 Å². The van der Waals surface area contributed by atoms with E-state index in [-0.39, 0.29) is 61.8 Å². The van der Waals surface area contributed by atoms with Crippen molar-refractivity contribution in [1.82, 2.24) is 20.0 Å². The Bertz CT molecular complexity index is 2390. The highest BCUT2D eigenvalue weighted by molar-refractivity contribution is 7.26. The number of carbonyl (C=O) groups is 4. The Labute approximate surface area is 332 Å². The van der Waals surface area contributed by atoms with E-state index < -0.39 is 0 Å². The predicted octanol–water partition coefficient (Wildman–Crippen LogP) is 3.67. The van der Waals surface area contributed by atoms with E-state index in [1.165, 1.54) is 12.2 Å². The lowest BCUT2D eigenvalue weighted by molar-refractivity contribution is -0.138. The maximum absolute atomic E-state index is 13.6. The van der Waals surface area contributed by atoms with Gasteiger partial charge in [0.2, 0.25) is 11.8 Å². The van der Waals surface area contributed by atoms with Crippen molar-refractivity contribution in [3.63, 3.8) is 0 Å². The van der Waals surface area contributed by atoms with E-state index in [9.17, 15) is 24.0 Å². The molecule has 2 fully saturated rings. The standard InChI is InChI=1S/C42H44N6O8S/c49-33-26-39(47-19-23-55-24-20-47)56-41-28(5-3-6-30(33)41)29-8-9-32(40-31-4-1-2-7-34(31)57-42(29)40)44-36(51)27-46-17-15-45(16-18-46)14-13-43-35(50)12-22-54-25-21-48-37(52)10-11-38(48)53/h1-11,26H,12-25,27H2,(H,43,50)(H,44,51). The lowest BCUT2D eigenvalue weighted by Crippen LogP contribution is -2.50. The Morgan fingerprint density at radius 1 is 0.772 bits per heavy atom. The second-order valence-corrected chi connectivity index (χ2v) is 15.3. The van der Waals surface area contributed by atoms with Gasteiger partial charge in [-0.15, -0.1) is 11.3 Å². The summed E-state index contributed by atoms with van der Waals surface area (Å²) >= 11 is 1.65. The molecule has 2 saturated heterocycles. The van der Waals surface area contributed by atoms with Crippen LogP contribution in [0.1, 0.15) is 6.42 Å². The SMILES string of the molecule is O=C(CCOCCN1C(=O)C=CC1=O)NCCN1CCN(CC(=O)Nc2ccc(-c3cccc4c(=O)cc(N5CCOCC5)oc34)c3sc4ccccc4c23)CC1. The summed E-state index contributed by atoms with van der Waals surface area (Å²) in [6, 6.07) is 19.4. The number of hydrogen-bond acceptors (Lipinski definition) is 12. The molecular formula is C42H44N6O8S. The van der Waals surface area contributed by atoms with Crippen LogP contribution in [0.3, 0.4) is 0 Å². The molecule has 14 nitrogen and oxygen atoms in total. The molecule has 0 saturated carbocycles. The van der Waals surface area contributed by atoms with E-state index in [4.69, 9.17) is 13.9 Å². The van der Waals surface area contributed by atoms with Crippen LogP contribution in [0, 0.1) is 0 Å². The van der Waals surface area contributed by atoms with E-state index in [1.807, 2.05) is 41.3 Å². The van der Waals surface area contributed by atoms with Gasteiger partial charge in [-0.2, -0.15) is 0 Å². The molecule has 5 heterocycles. The Morgan fingerprint density at radius 3 is 2.33 bits per heavy atom. The maximum Gasteiger partial charge on any atom is 0.253 e. The third kappa shape index (κ3) is 8.62. The first-order valence-corrected chi connectivity index (χ1v) is 20.1. The molecule has 0 unspecified atom stereocenters. The van der Waals surface area contributed by atoms with Gasteiger partial charge in [-0.05, 0) is 18.2 Å². The summed E-state index contributed by atoms with van der Waals surface area (Å²) in [5, 5.41) is 8.66. The number of thiophene rings is 1. The normalized spacial score (nSPS) is 16.7. The van der Waals surface area contributed by atoms with Crippen LogP contribution in [0.4, 0.5) is 11.6 Å². The third-order valence-corrected chi connectivity index (χ3v) is 11.8. The van der Waals surface area contributed by atoms with Crippen molar-refractivity contribution < 1.29 is 33.1 Å². The zero-order chi connectivity index (χ0) is 39.3. The van der Waals surface area contributed by atoms with Crippen molar-refractivity contribution in [3.8, 4) is 11.1 Å². The third-order valence-electron chi connectivity index (χ3n) is 10.6. The monoisotopic (exact) mass is 792 g/mol. The van der Waals surface area contributed by atoms with Crippen molar-refractivity contribution >= 4 is 77.7 Å². The number of carbonyl (C=O) groups excluding carboxylic acids is 4. The van der Waals surface area contributed by atoms with Gasteiger partial charge in [-0.3, -0.25) is 38.7 Å². The first-order valence-electron chi connectivity index (χ1n) is 19.3. The maximum atomic E-state index is 13.6. The number of imide groups is 1. The number of nitrogens with zero attached hydrogens (tertiary/aromatic N) is 4. The van der Waals surface area contributed by atoms with Crippen molar-refractivity contribution in [3.05, 3.63) is 83.0 Å². The molecule has 3 aliphatic heterocycles. The number of fused-ring (bicyclic) bond motifs is 4. The molecule has 0 radical (unpaired) electrons. The summed E-state index contributed by atoms with van der Waals surface area (Å²) in [5.74, 6) is -0.380. The molecule has 2 N–H and O–H groups in total. The van der Waals surface area contributed by atoms with Crippen LogP contribution in [-0.2, 0) is 28.7 Å². The summed E-state index contributed by atoms with van der Waals surface area (Å²) in [7, 11) is 0. The van der Waals surface area contributed by atoms with Crippen molar-refractivity contribution in [2.45, 2.75) is 6.42 Å². The van der Waals surface area contributed by atoms with Gasteiger partial charge in [0, 0.05) is 108 Å². The van der Waals surface area contributed by atoms with Gasteiger partial charge < -0.3 is 29.4 Å². The fraction of sp³-hybridized carbons (Fsp3) is 0.357. The van der Waals surface area contributed by atoms with Crippen LogP contribution < -0.4 is 21.0 Å².